The minimum Gasteiger partial charge on any atom is -0.378 e. The smallest absolute Gasteiger partial charge is 0.137 e. The second kappa shape index (κ2) is 6.14. The standard InChI is InChI=1S/C19H23N3O/c1-13-5-8-15(9-6-13)19-16(11-18(23)21(3)4)22-12-14(2)7-10-17(22)20-19/h5-10,12,18,23H,11H2,1-4H3. The number of aliphatic hydroxyl groups excluding tert-OH is 1. The molecule has 4 heteroatoms. The Morgan fingerprint density at radius 2 is 1.70 bits per heavy atom. The van der Waals surface area contributed by atoms with Gasteiger partial charge in [-0.2, -0.15) is 0 Å². The Labute approximate surface area is 137 Å². The van der Waals surface area contributed by atoms with Crippen LogP contribution in [0.15, 0.2) is 42.6 Å². The van der Waals surface area contributed by atoms with E-state index in [1.165, 1.54) is 11.1 Å². The molecule has 1 unspecified atom stereocenters. The predicted molar refractivity (Wildman–Crippen MR) is 93.5 cm³/mol. The number of nitrogens with zero attached hydrogens (tertiary/aromatic N) is 3. The zero-order chi connectivity index (χ0) is 16.6. The van der Waals surface area contributed by atoms with Gasteiger partial charge in [-0.15, -0.1) is 0 Å². The van der Waals surface area contributed by atoms with Crippen molar-refractivity contribution in [3.8, 4) is 11.3 Å². The van der Waals surface area contributed by atoms with Gasteiger partial charge >= 0.3 is 0 Å². The number of likely N-dealkylation sites (N-methyl/N-ethyl adjacent to an activating group) is 1. The van der Waals surface area contributed by atoms with Gasteiger partial charge in [0, 0.05) is 18.2 Å². The predicted octanol–water partition coefficient (Wildman–Crippen LogP) is 3.04. The molecule has 3 rings (SSSR count). The molecule has 0 aliphatic rings. The SMILES string of the molecule is Cc1ccc(-c2nc3ccc(C)cn3c2CC(O)N(C)C)cc1. The Hall–Kier alpha value is -2.17. The maximum absolute atomic E-state index is 10.3. The summed E-state index contributed by atoms with van der Waals surface area (Å²) >= 11 is 0. The number of hydrogen-bond donors (Lipinski definition) is 1. The largest absolute Gasteiger partial charge is 0.378 e. The van der Waals surface area contributed by atoms with E-state index in [1.54, 1.807) is 0 Å². The fourth-order valence-corrected chi connectivity index (χ4v) is 2.69. The van der Waals surface area contributed by atoms with Crippen LogP contribution in [-0.4, -0.2) is 39.7 Å². The van der Waals surface area contributed by atoms with Gasteiger partial charge in [0.25, 0.3) is 0 Å². The van der Waals surface area contributed by atoms with Crippen molar-refractivity contribution < 1.29 is 5.11 Å². The van der Waals surface area contributed by atoms with Crippen molar-refractivity contribution in [3.63, 3.8) is 0 Å². The normalized spacial score (nSPS) is 13.0. The molecular weight excluding hydrogens is 286 g/mol. The van der Waals surface area contributed by atoms with E-state index < -0.39 is 6.23 Å². The molecule has 4 nitrogen and oxygen atoms in total. The first-order valence-corrected chi connectivity index (χ1v) is 7.85. The Balaban J connectivity index is 2.17. The van der Waals surface area contributed by atoms with E-state index in [4.69, 9.17) is 4.98 Å². The number of fused-ring (bicyclic) bond motifs is 1. The highest BCUT2D eigenvalue weighted by molar-refractivity contribution is 5.67. The molecule has 23 heavy (non-hydrogen) atoms. The van der Waals surface area contributed by atoms with Crippen LogP contribution in [0, 0.1) is 13.8 Å². The highest BCUT2D eigenvalue weighted by Crippen LogP contribution is 2.26. The van der Waals surface area contributed by atoms with E-state index in [-0.39, 0.29) is 0 Å². The van der Waals surface area contributed by atoms with Crippen LogP contribution in [-0.2, 0) is 6.42 Å². The third kappa shape index (κ3) is 3.14. The molecule has 0 aliphatic heterocycles. The number of rotatable bonds is 4. The lowest BCUT2D eigenvalue weighted by atomic mass is 10.1. The molecule has 2 heterocycles. The highest BCUT2D eigenvalue weighted by atomic mass is 16.3. The van der Waals surface area contributed by atoms with Crippen molar-refractivity contribution in [2.24, 2.45) is 0 Å². The van der Waals surface area contributed by atoms with Crippen molar-refractivity contribution in [1.82, 2.24) is 14.3 Å². The zero-order valence-corrected chi connectivity index (χ0v) is 14.1. The molecule has 1 aromatic carbocycles. The molecule has 1 atom stereocenters. The molecule has 1 N–H and O–H groups in total. The van der Waals surface area contributed by atoms with E-state index in [0.717, 1.165) is 22.6 Å². The molecule has 0 bridgehead atoms. The molecule has 0 spiro atoms. The summed E-state index contributed by atoms with van der Waals surface area (Å²) in [6.07, 6.45) is 2.07. The van der Waals surface area contributed by atoms with Crippen LogP contribution in [0.1, 0.15) is 16.8 Å². The number of aliphatic hydroxyl groups is 1. The third-order valence-electron chi connectivity index (χ3n) is 4.16. The van der Waals surface area contributed by atoms with E-state index >= 15 is 0 Å². The summed E-state index contributed by atoms with van der Waals surface area (Å²) in [5.74, 6) is 0. The van der Waals surface area contributed by atoms with E-state index in [1.807, 2.05) is 25.1 Å². The van der Waals surface area contributed by atoms with Crippen LogP contribution in [0.2, 0.25) is 0 Å². The number of benzene rings is 1. The van der Waals surface area contributed by atoms with Crippen LogP contribution in [0.5, 0.6) is 0 Å². The monoisotopic (exact) mass is 309 g/mol. The average molecular weight is 309 g/mol. The second-order valence-corrected chi connectivity index (χ2v) is 6.36. The molecule has 0 amide bonds. The number of aryl methyl sites for hydroxylation is 2. The molecule has 120 valence electrons. The van der Waals surface area contributed by atoms with Crippen LogP contribution in [0.3, 0.4) is 0 Å². The highest BCUT2D eigenvalue weighted by Gasteiger charge is 2.18. The number of aromatic nitrogens is 2. The van der Waals surface area contributed by atoms with E-state index in [0.29, 0.717) is 6.42 Å². The summed E-state index contributed by atoms with van der Waals surface area (Å²) in [7, 11) is 3.76. The molecule has 2 aromatic heterocycles. The van der Waals surface area contributed by atoms with Crippen molar-refractivity contribution in [2.45, 2.75) is 26.5 Å². The Bertz CT molecular complexity index is 818. The lowest BCUT2D eigenvalue weighted by Gasteiger charge is -2.19. The van der Waals surface area contributed by atoms with Crippen molar-refractivity contribution in [3.05, 3.63) is 59.4 Å². The third-order valence-corrected chi connectivity index (χ3v) is 4.16. The van der Waals surface area contributed by atoms with Gasteiger partial charge in [-0.1, -0.05) is 35.9 Å². The Kier molecular flexibility index (Phi) is 4.20. The molecular formula is C19H23N3O. The van der Waals surface area contributed by atoms with Gasteiger partial charge in [0.1, 0.15) is 11.9 Å². The Morgan fingerprint density at radius 1 is 1.04 bits per heavy atom. The summed E-state index contributed by atoms with van der Waals surface area (Å²) in [6.45, 7) is 4.14. The topological polar surface area (TPSA) is 40.8 Å². The van der Waals surface area contributed by atoms with E-state index in [9.17, 15) is 5.11 Å². The van der Waals surface area contributed by atoms with Crippen LogP contribution in [0.4, 0.5) is 0 Å². The van der Waals surface area contributed by atoms with Gasteiger partial charge < -0.3 is 9.51 Å². The molecule has 0 fully saturated rings. The number of pyridine rings is 1. The molecule has 0 saturated carbocycles. The summed E-state index contributed by atoms with van der Waals surface area (Å²) in [5.41, 5.74) is 6.37. The number of hydrogen-bond acceptors (Lipinski definition) is 3. The lowest BCUT2D eigenvalue weighted by molar-refractivity contribution is 0.0404. The van der Waals surface area contributed by atoms with Crippen molar-refractivity contribution in [2.75, 3.05) is 14.1 Å². The first-order valence-electron chi connectivity index (χ1n) is 7.85. The molecule has 0 saturated heterocycles. The molecule has 3 aromatic rings. The molecule has 0 aliphatic carbocycles. The van der Waals surface area contributed by atoms with Crippen LogP contribution < -0.4 is 0 Å². The summed E-state index contributed by atoms with van der Waals surface area (Å²) in [5, 5.41) is 10.3. The summed E-state index contributed by atoms with van der Waals surface area (Å²) < 4.78 is 2.09. The fourth-order valence-electron chi connectivity index (χ4n) is 2.69. The van der Waals surface area contributed by atoms with Gasteiger partial charge in [0.2, 0.25) is 0 Å². The van der Waals surface area contributed by atoms with Gasteiger partial charge in [0.15, 0.2) is 0 Å². The second-order valence-electron chi connectivity index (χ2n) is 6.36. The summed E-state index contributed by atoms with van der Waals surface area (Å²) in [6, 6.07) is 12.5. The van der Waals surface area contributed by atoms with Gasteiger partial charge in [-0.25, -0.2) is 4.98 Å². The van der Waals surface area contributed by atoms with Crippen LogP contribution >= 0.6 is 0 Å². The minimum absolute atomic E-state index is 0.529. The van der Waals surface area contributed by atoms with Crippen molar-refractivity contribution >= 4 is 5.65 Å². The minimum atomic E-state index is -0.542. The quantitative estimate of drug-likeness (QED) is 0.753. The van der Waals surface area contributed by atoms with E-state index in [2.05, 4.69) is 54.8 Å². The van der Waals surface area contributed by atoms with Gasteiger partial charge in [-0.3, -0.25) is 4.90 Å². The maximum Gasteiger partial charge on any atom is 0.137 e. The van der Waals surface area contributed by atoms with Gasteiger partial charge in [-0.05, 0) is 39.6 Å². The summed E-state index contributed by atoms with van der Waals surface area (Å²) in [4.78, 5) is 6.61. The fraction of sp³-hybridized carbons (Fsp3) is 0.316. The average Bonchev–Trinajstić information content (AvgIpc) is 2.86. The first-order chi connectivity index (χ1) is 11.0. The number of imidazole rings is 1. The zero-order valence-electron chi connectivity index (χ0n) is 14.1. The lowest BCUT2D eigenvalue weighted by Crippen LogP contribution is -2.30. The molecule has 0 radical (unpaired) electrons. The first kappa shape index (κ1) is 15.7. The van der Waals surface area contributed by atoms with Crippen molar-refractivity contribution in [1.29, 1.82) is 0 Å². The van der Waals surface area contributed by atoms with Crippen LogP contribution in [0.25, 0.3) is 16.9 Å². The maximum atomic E-state index is 10.3. The van der Waals surface area contributed by atoms with Gasteiger partial charge in [0.05, 0.1) is 11.4 Å². The Morgan fingerprint density at radius 3 is 2.35 bits per heavy atom.